The van der Waals surface area contributed by atoms with Crippen molar-refractivity contribution in [1.82, 2.24) is 0 Å². The molecule has 1 aliphatic carbocycles. The van der Waals surface area contributed by atoms with E-state index in [-0.39, 0.29) is 24.0 Å². The second kappa shape index (κ2) is 5.84. The molecule has 0 fully saturated rings. The second-order valence-electron chi connectivity index (χ2n) is 7.04. The smallest absolute Gasteiger partial charge is 0.334 e. The highest BCUT2D eigenvalue weighted by atomic mass is 16.6. The van der Waals surface area contributed by atoms with E-state index in [1.807, 2.05) is 25.1 Å². The molecule has 0 radical (unpaired) electrons. The zero-order chi connectivity index (χ0) is 17.4. The third-order valence-corrected chi connectivity index (χ3v) is 4.70. The Bertz CT molecular complexity index is 672. The summed E-state index contributed by atoms with van der Waals surface area (Å²) in [5.74, 6) is -0.707. The van der Waals surface area contributed by atoms with Crippen molar-refractivity contribution in [3.8, 4) is 0 Å². The highest BCUT2D eigenvalue weighted by Crippen LogP contribution is 2.52. The van der Waals surface area contributed by atoms with Gasteiger partial charge in [-0.05, 0) is 43.0 Å². The Morgan fingerprint density at radius 3 is 2.43 bits per heavy atom. The van der Waals surface area contributed by atoms with Crippen molar-refractivity contribution in [3.63, 3.8) is 0 Å². The molecule has 0 heterocycles. The highest BCUT2D eigenvalue weighted by Gasteiger charge is 2.52. The lowest BCUT2D eigenvalue weighted by Crippen LogP contribution is -2.40. The molecule has 1 aromatic rings. The molecule has 0 aliphatic heterocycles. The summed E-state index contributed by atoms with van der Waals surface area (Å²) in [7, 11) is 0. The van der Waals surface area contributed by atoms with E-state index < -0.39 is 5.60 Å². The molecule has 23 heavy (non-hydrogen) atoms. The summed E-state index contributed by atoms with van der Waals surface area (Å²) < 4.78 is 10.9. The Kier molecular flexibility index (Phi) is 4.38. The fraction of sp³-hybridized carbons (Fsp3) is 0.474. The minimum Gasteiger partial charge on any atom is -0.461 e. The molecular weight excluding hydrogens is 292 g/mol. The second-order valence-corrected chi connectivity index (χ2v) is 7.04. The van der Waals surface area contributed by atoms with Crippen molar-refractivity contribution in [3.05, 3.63) is 47.0 Å². The Morgan fingerprint density at radius 1 is 1.22 bits per heavy atom. The van der Waals surface area contributed by atoms with Crippen LogP contribution in [0.3, 0.4) is 0 Å². The zero-order valence-electron chi connectivity index (χ0n) is 14.5. The summed E-state index contributed by atoms with van der Waals surface area (Å²) in [5, 5.41) is 0. The monoisotopic (exact) mass is 316 g/mol. The van der Waals surface area contributed by atoms with E-state index in [9.17, 15) is 9.59 Å². The predicted molar refractivity (Wildman–Crippen MR) is 87.7 cm³/mol. The maximum atomic E-state index is 12.1. The molecule has 2 rings (SSSR count). The summed E-state index contributed by atoms with van der Waals surface area (Å²) in [4.78, 5) is 23.1. The lowest BCUT2D eigenvalue weighted by atomic mass is 9.76. The molecule has 1 atom stereocenters. The largest absolute Gasteiger partial charge is 0.461 e. The van der Waals surface area contributed by atoms with Gasteiger partial charge in [0.2, 0.25) is 0 Å². The van der Waals surface area contributed by atoms with Crippen LogP contribution in [-0.4, -0.2) is 11.9 Å². The van der Waals surface area contributed by atoms with Crippen molar-refractivity contribution in [2.75, 3.05) is 0 Å². The summed E-state index contributed by atoms with van der Waals surface area (Å²) >= 11 is 0. The van der Waals surface area contributed by atoms with E-state index >= 15 is 0 Å². The summed E-state index contributed by atoms with van der Waals surface area (Å²) in [6, 6.07) is 5.94. The van der Waals surface area contributed by atoms with Crippen LogP contribution in [0.4, 0.5) is 0 Å². The molecule has 0 N–H and O–H groups in total. The van der Waals surface area contributed by atoms with Crippen LogP contribution in [0.5, 0.6) is 0 Å². The first-order valence-corrected chi connectivity index (χ1v) is 7.71. The molecule has 0 saturated heterocycles. The first-order valence-electron chi connectivity index (χ1n) is 7.71. The molecule has 1 aromatic carbocycles. The fourth-order valence-electron chi connectivity index (χ4n) is 2.97. The lowest BCUT2D eigenvalue weighted by molar-refractivity contribution is -0.166. The summed E-state index contributed by atoms with van der Waals surface area (Å²) in [5.41, 5.74) is 2.41. The van der Waals surface area contributed by atoms with E-state index in [0.717, 1.165) is 23.1 Å². The number of carbonyl (C=O) groups excluding carboxylic acids is 2. The minimum absolute atomic E-state index is 0.216. The number of hydrogen-bond acceptors (Lipinski definition) is 4. The Balaban J connectivity index is 2.40. The lowest BCUT2D eigenvalue weighted by Gasteiger charge is -2.38. The molecule has 1 aliphatic rings. The van der Waals surface area contributed by atoms with E-state index in [2.05, 4.69) is 20.4 Å². The number of rotatable bonds is 4. The van der Waals surface area contributed by atoms with Crippen LogP contribution in [0, 0.1) is 5.41 Å². The normalized spacial score (nSPS) is 21.4. The van der Waals surface area contributed by atoms with Crippen molar-refractivity contribution in [2.24, 2.45) is 5.41 Å². The van der Waals surface area contributed by atoms with Gasteiger partial charge in [0.1, 0.15) is 12.2 Å². The van der Waals surface area contributed by atoms with Gasteiger partial charge >= 0.3 is 11.9 Å². The topological polar surface area (TPSA) is 52.6 Å². The first kappa shape index (κ1) is 17.3. The Labute approximate surface area is 137 Å². The van der Waals surface area contributed by atoms with Gasteiger partial charge in [-0.2, -0.15) is 0 Å². The number of ether oxygens (including phenoxy) is 2. The fourth-order valence-corrected chi connectivity index (χ4v) is 2.97. The van der Waals surface area contributed by atoms with E-state index in [0.29, 0.717) is 5.57 Å². The number of fused-ring (bicyclic) bond motifs is 1. The van der Waals surface area contributed by atoms with Crippen LogP contribution in [0.25, 0.3) is 0 Å². The van der Waals surface area contributed by atoms with Crippen LogP contribution in [-0.2, 0) is 37.7 Å². The van der Waals surface area contributed by atoms with Crippen LogP contribution in [0.15, 0.2) is 30.4 Å². The molecule has 0 saturated carbocycles. The number of esters is 2. The van der Waals surface area contributed by atoms with E-state index in [1.54, 1.807) is 6.92 Å². The average Bonchev–Trinajstić information content (AvgIpc) is 2.63. The molecule has 0 amide bonds. The molecule has 124 valence electrons. The molecule has 0 bridgehead atoms. The van der Waals surface area contributed by atoms with Crippen molar-refractivity contribution >= 4 is 11.9 Å². The predicted octanol–water partition coefficient (Wildman–Crippen LogP) is 3.67. The van der Waals surface area contributed by atoms with E-state index in [4.69, 9.17) is 9.47 Å². The maximum absolute atomic E-state index is 12.1. The standard InChI is InChI=1S/C19H24O4/c1-12(2)17(21)23-19(6)16-9-14(11-22-13(3)20)7-8-15(16)10-18(19,4)5/h7-9H,1,10-11H2,2-6H3. The van der Waals surface area contributed by atoms with Crippen molar-refractivity contribution in [2.45, 2.75) is 53.2 Å². The molecule has 0 spiro atoms. The van der Waals surface area contributed by atoms with Gasteiger partial charge in [0.15, 0.2) is 0 Å². The van der Waals surface area contributed by atoms with Crippen molar-refractivity contribution < 1.29 is 19.1 Å². The maximum Gasteiger partial charge on any atom is 0.334 e. The zero-order valence-corrected chi connectivity index (χ0v) is 14.5. The third-order valence-electron chi connectivity index (χ3n) is 4.70. The first-order chi connectivity index (χ1) is 10.6. The number of carbonyl (C=O) groups is 2. The highest BCUT2D eigenvalue weighted by molar-refractivity contribution is 5.87. The number of hydrogen-bond donors (Lipinski definition) is 0. The van der Waals surface area contributed by atoms with Crippen LogP contribution in [0.1, 0.15) is 51.3 Å². The van der Waals surface area contributed by atoms with Crippen molar-refractivity contribution in [1.29, 1.82) is 0 Å². The van der Waals surface area contributed by atoms with Gasteiger partial charge in [-0.1, -0.05) is 32.6 Å². The molecule has 4 nitrogen and oxygen atoms in total. The average molecular weight is 316 g/mol. The van der Waals surface area contributed by atoms with Gasteiger partial charge in [-0.25, -0.2) is 4.79 Å². The summed E-state index contributed by atoms with van der Waals surface area (Å²) in [6.07, 6.45) is 0.816. The van der Waals surface area contributed by atoms with Crippen LogP contribution < -0.4 is 0 Å². The minimum atomic E-state index is -0.745. The molecule has 1 unspecified atom stereocenters. The van der Waals surface area contributed by atoms with E-state index in [1.165, 1.54) is 6.92 Å². The third kappa shape index (κ3) is 3.16. The SMILES string of the molecule is C=C(C)C(=O)OC1(C)c2cc(COC(C)=O)ccc2CC1(C)C. The van der Waals surface area contributed by atoms with Gasteiger partial charge in [-0.15, -0.1) is 0 Å². The Hall–Kier alpha value is -2.10. The molecule has 4 heteroatoms. The summed E-state index contributed by atoms with van der Waals surface area (Å²) in [6.45, 7) is 13.0. The van der Waals surface area contributed by atoms with Gasteiger partial charge in [0.05, 0.1) is 0 Å². The van der Waals surface area contributed by atoms with Crippen LogP contribution >= 0.6 is 0 Å². The van der Waals surface area contributed by atoms with Gasteiger partial charge in [0, 0.05) is 17.9 Å². The quantitative estimate of drug-likeness (QED) is 0.628. The van der Waals surface area contributed by atoms with Gasteiger partial charge < -0.3 is 9.47 Å². The molecule has 0 aromatic heterocycles. The Morgan fingerprint density at radius 2 is 1.87 bits per heavy atom. The molecular formula is C19H24O4. The van der Waals surface area contributed by atoms with Gasteiger partial charge in [-0.3, -0.25) is 4.79 Å². The van der Waals surface area contributed by atoms with Crippen LogP contribution in [0.2, 0.25) is 0 Å². The van der Waals surface area contributed by atoms with Gasteiger partial charge in [0.25, 0.3) is 0 Å². The number of benzene rings is 1.